The lowest BCUT2D eigenvalue weighted by atomic mass is 10.0. The van der Waals surface area contributed by atoms with Gasteiger partial charge in [0.25, 0.3) is 5.69 Å². The zero-order chi connectivity index (χ0) is 23.3. The van der Waals surface area contributed by atoms with Crippen LogP contribution in [0.4, 0.5) is 16.2 Å². The van der Waals surface area contributed by atoms with Gasteiger partial charge in [-0.2, -0.15) is 0 Å². The number of nitro groups is 1. The lowest BCUT2D eigenvalue weighted by Crippen LogP contribution is -2.45. The van der Waals surface area contributed by atoms with Gasteiger partial charge < -0.3 is 20.4 Å². The number of non-ortho nitro benzene ring substituents is 1. The second-order valence-corrected chi connectivity index (χ2v) is 8.00. The van der Waals surface area contributed by atoms with Crippen LogP contribution >= 0.6 is 0 Å². The standard InChI is InChI=1S/C23H26N4O5/c1-14(2)13-32-23(29)26-21(10-16-12-24-19-7-5-4-6-18(16)19)22(28)25-20-11-17(27(30)31)9-8-15(20)3/h4-9,11-12,14,21,24H,10,13H2,1-3H3,(H,25,28)(H,26,29)/t21-/m1/s1. The molecular formula is C23H26N4O5. The molecule has 9 nitrogen and oxygen atoms in total. The SMILES string of the molecule is Cc1ccc([N+](=O)[O-])cc1NC(=O)[C@@H](Cc1c[nH]c2ccccc12)NC(=O)OCC(C)C. The Balaban J connectivity index is 1.84. The van der Waals surface area contributed by atoms with E-state index in [2.05, 4.69) is 15.6 Å². The van der Waals surface area contributed by atoms with E-state index in [4.69, 9.17) is 4.74 Å². The van der Waals surface area contributed by atoms with Crippen molar-refractivity contribution < 1.29 is 19.2 Å². The fourth-order valence-corrected chi connectivity index (χ4v) is 3.23. The largest absolute Gasteiger partial charge is 0.449 e. The minimum absolute atomic E-state index is 0.136. The molecule has 2 aromatic carbocycles. The fraction of sp³-hybridized carbons (Fsp3) is 0.304. The van der Waals surface area contributed by atoms with Crippen LogP contribution in [0, 0.1) is 23.0 Å². The zero-order valence-electron chi connectivity index (χ0n) is 18.2. The number of benzene rings is 2. The van der Waals surface area contributed by atoms with Crippen LogP contribution in [0.15, 0.2) is 48.7 Å². The number of carbonyl (C=O) groups is 2. The molecule has 0 unspecified atom stereocenters. The maximum absolute atomic E-state index is 13.1. The lowest BCUT2D eigenvalue weighted by Gasteiger charge is -2.19. The first-order valence-corrected chi connectivity index (χ1v) is 10.3. The molecular weight excluding hydrogens is 412 g/mol. The summed E-state index contributed by atoms with van der Waals surface area (Å²) in [5.41, 5.74) is 2.60. The Bertz CT molecular complexity index is 1140. The van der Waals surface area contributed by atoms with Gasteiger partial charge in [0, 0.05) is 35.7 Å². The third-order valence-corrected chi connectivity index (χ3v) is 4.95. The molecule has 0 aliphatic rings. The summed E-state index contributed by atoms with van der Waals surface area (Å²) in [5, 5.41) is 17.4. The molecule has 168 valence electrons. The Morgan fingerprint density at radius 1 is 1.19 bits per heavy atom. The number of aromatic amines is 1. The molecule has 3 N–H and O–H groups in total. The summed E-state index contributed by atoms with van der Waals surface area (Å²) in [5.74, 6) is -0.352. The van der Waals surface area contributed by atoms with Gasteiger partial charge in [0.15, 0.2) is 0 Å². The van der Waals surface area contributed by atoms with Crippen LogP contribution < -0.4 is 10.6 Å². The number of nitro benzene ring substituents is 1. The highest BCUT2D eigenvalue weighted by atomic mass is 16.6. The van der Waals surface area contributed by atoms with Crippen LogP contribution in [-0.4, -0.2) is 34.6 Å². The Hall–Kier alpha value is -3.88. The normalized spacial score (nSPS) is 11.9. The molecule has 0 bridgehead atoms. The summed E-state index contributed by atoms with van der Waals surface area (Å²) in [6.45, 7) is 5.78. The quantitative estimate of drug-likeness (QED) is 0.357. The summed E-state index contributed by atoms with van der Waals surface area (Å²) in [6.07, 6.45) is 1.31. The van der Waals surface area contributed by atoms with Gasteiger partial charge >= 0.3 is 6.09 Å². The van der Waals surface area contributed by atoms with Crippen molar-refractivity contribution >= 4 is 34.3 Å². The second kappa shape index (κ2) is 9.95. The topological polar surface area (TPSA) is 126 Å². The highest BCUT2D eigenvalue weighted by molar-refractivity contribution is 5.98. The predicted octanol–water partition coefficient (Wildman–Crippen LogP) is 4.32. The molecule has 0 aliphatic heterocycles. The number of hydrogen-bond donors (Lipinski definition) is 3. The first-order valence-electron chi connectivity index (χ1n) is 10.3. The summed E-state index contributed by atoms with van der Waals surface area (Å²) in [4.78, 5) is 39.2. The maximum atomic E-state index is 13.1. The van der Waals surface area contributed by atoms with Crippen LogP contribution in [0.5, 0.6) is 0 Å². The third-order valence-electron chi connectivity index (χ3n) is 4.95. The van der Waals surface area contributed by atoms with Crippen LogP contribution in [0.3, 0.4) is 0 Å². The fourth-order valence-electron chi connectivity index (χ4n) is 3.23. The van der Waals surface area contributed by atoms with Crippen molar-refractivity contribution in [2.75, 3.05) is 11.9 Å². The van der Waals surface area contributed by atoms with Gasteiger partial charge in [-0.3, -0.25) is 14.9 Å². The summed E-state index contributed by atoms with van der Waals surface area (Å²) in [6, 6.07) is 10.9. The number of para-hydroxylation sites is 1. The molecule has 1 aromatic heterocycles. The molecule has 0 saturated heterocycles. The van der Waals surface area contributed by atoms with Crippen molar-refractivity contribution in [1.82, 2.24) is 10.3 Å². The molecule has 1 heterocycles. The van der Waals surface area contributed by atoms with E-state index in [0.29, 0.717) is 11.3 Å². The molecule has 32 heavy (non-hydrogen) atoms. The number of aromatic nitrogens is 1. The molecule has 0 spiro atoms. The monoisotopic (exact) mass is 438 g/mol. The molecule has 0 saturated carbocycles. The van der Waals surface area contributed by atoms with Gasteiger partial charge in [-0.25, -0.2) is 4.79 Å². The Morgan fingerprint density at radius 2 is 1.94 bits per heavy atom. The first-order chi connectivity index (χ1) is 15.2. The minimum atomic E-state index is -0.951. The van der Waals surface area contributed by atoms with E-state index >= 15 is 0 Å². The first kappa shape index (κ1) is 22.8. The van der Waals surface area contributed by atoms with Crippen LogP contribution in [0.2, 0.25) is 0 Å². The van der Waals surface area contributed by atoms with E-state index < -0.39 is 23.0 Å². The third kappa shape index (κ3) is 5.63. The Kier molecular flexibility index (Phi) is 7.09. The van der Waals surface area contributed by atoms with Gasteiger partial charge in [-0.1, -0.05) is 38.1 Å². The predicted molar refractivity (Wildman–Crippen MR) is 122 cm³/mol. The average molecular weight is 438 g/mol. The lowest BCUT2D eigenvalue weighted by molar-refractivity contribution is -0.384. The number of amides is 2. The van der Waals surface area contributed by atoms with E-state index in [1.54, 1.807) is 19.2 Å². The average Bonchev–Trinajstić information content (AvgIpc) is 3.16. The maximum Gasteiger partial charge on any atom is 0.407 e. The molecule has 0 radical (unpaired) electrons. The summed E-state index contributed by atoms with van der Waals surface area (Å²) >= 11 is 0. The number of rotatable bonds is 8. The number of anilines is 1. The van der Waals surface area contributed by atoms with Crippen molar-refractivity contribution in [2.45, 2.75) is 33.2 Å². The van der Waals surface area contributed by atoms with Crippen molar-refractivity contribution in [1.29, 1.82) is 0 Å². The second-order valence-electron chi connectivity index (χ2n) is 8.00. The molecule has 0 fully saturated rings. The number of alkyl carbamates (subject to hydrolysis) is 1. The highest BCUT2D eigenvalue weighted by Crippen LogP contribution is 2.23. The van der Waals surface area contributed by atoms with E-state index in [1.165, 1.54) is 12.1 Å². The van der Waals surface area contributed by atoms with Crippen molar-refractivity contribution in [3.8, 4) is 0 Å². The number of fused-ring (bicyclic) bond motifs is 1. The highest BCUT2D eigenvalue weighted by Gasteiger charge is 2.24. The van der Waals surface area contributed by atoms with Crippen molar-refractivity contribution in [2.24, 2.45) is 5.92 Å². The molecule has 9 heteroatoms. The van der Waals surface area contributed by atoms with Crippen LogP contribution in [0.25, 0.3) is 10.9 Å². The number of nitrogens with zero attached hydrogens (tertiary/aromatic N) is 1. The number of carbonyl (C=O) groups excluding carboxylic acids is 2. The van der Waals surface area contributed by atoms with Gasteiger partial charge in [-0.05, 0) is 30.0 Å². The van der Waals surface area contributed by atoms with Gasteiger partial charge in [0.1, 0.15) is 6.04 Å². The number of hydrogen-bond acceptors (Lipinski definition) is 5. The Morgan fingerprint density at radius 3 is 2.66 bits per heavy atom. The molecule has 2 amide bonds. The van der Waals surface area contributed by atoms with Crippen LogP contribution in [0.1, 0.15) is 25.0 Å². The number of aryl methyl sites for hydroxylation is 1. The minimum Gasteiger partial charge on any atom is -0.449 e. The van der Waals surface area contributed by atoms with Gasteiger partial charge in [-0.15, -0.1) is 0 Å². The number of H-pyrrole nitrogens is 1. The molecule has 0 aliphatic carbocycles. The van der Waals surface area contributed by atoms with Gasteiger partial charge in [0.05, 0.1) is 17.2 Å². The van der Waals surface area contributed by atoms with Gasteiger partial charge in [0.2, 0.25) is 5.91 Å². The number of ether oxygens (including phenoxy) is 1. The molecule has 1 atom stereocenters. The van der Waals surface area contributed by atoms with E-state index in [1.807, 2.05) is 38.1 Å². The van der Waals surface area contributed by atoms with E-state index in [0.717, 1.165) is 16.5 Å². The summed E-state index contributed by atoms with van der Waals surface area (Å²) < 4.78 is 5.19. The number of nitrogens with one attached hydrogen (secondary N) is 3. The van der Waals surface area contributed by atoms with E-state index in [-0.39, 0.29) is 24.6 Å². The Labute approximate surface area is 185 Å². The van der Waals surface area contributed by atoms with Crippen molar-refractivity contribution in [3.63, 3.8) is 0 Å². The van der Waals surface area contributed by atoms with Crippen LogP contribution in [-0.2, 0) is 16.0 Å². The molecule has 3 rings (SSSR count). The van der Waals surface area contributed by atoms with E-state index in [9.17, 15) is 19.7 Å². The smallest absolute Gasteiger partial charge is 0.407 e. The molecule has 3 aromatic rings. The van der Waals surface area contributed by atoms with Crippen molar-refractivity contribution in [3.05, 3.63) is 69.9 Å². The zero-order valence-corrected chi connectivity index (χ0v) is 18.2. The summed E-state index contributed by atoms with van der Waals surface area (Å²) in [7, 11) is 0.